The van der Waals surface area contributed by atoms with E-state index in [2.05, 4.69) is 39.3 Å². The van der Waals surface area contributed by atoms with Gasteiger partial charge < -0.3 is 11.1 Å². The standard InChI is InChI=1S/C19H22N4OS/c1-2-9-21-18-17(25-19(24)22-18)12-14-7-10-23(11-8-14)13-15-3-5-16(20)6-4-15/h1,3-6,12,14H,7-11,13,20H2,(H,21,22,24)/b17-12-. The molecule has 6 heteroatoms. The molecule has 2 heterocycles. The Balaban J connectivity index is 1.56. The first kappa shape index (κ1) is 17.6. The summed E-state index contributed by atoms with van der Waals surface area (Å²) in [5.74, 6) is 3.57. The van der Waals surface area contributed by atoms with Gasteiger partial charge in [-0.15, -0.1) is 6.42 Å². The van der Waals surface area contributed by atoms with Crippen molar-refractivity contribution in [2.75, 3.05) is 25.4 Å². The van der Waals surface area contributed by atoms with Crippen LogP contribution >= 0.6 is 11.8 Å². The molecule has 1 aromatic rings. The zero-order valence-electron chi connectivity index (χ0n) is 14.1. The minimum atomic E-state index is -0.0807. The van der Waals surface area contributed by atoms with Crippen molar-refractivity contribution in [2.24, 2.45) is 10.9 Å². The fraction of sp³-hybridized carbons (Fsp3) is 0.368. The lowest BCUT2D eigenvalue weighted by atomic mass is 9.96. The molecule has 0 spiro atoms. The molecule has 5 nitrogen and oxygen atoms in total. The van der Waals surface area contributed by atoms with E-state index >= 15 is 0 Å². The van der Waals surface area contributed by atoms with Crippen molar-refractivity contribution in [2.45, 2.75) is 19.4 Å². The molecule has 3 rings (SSSR count). The topological polar surface area (TPSA) is 70.7 Å². The Kier molecular flexibility index (Phi) is 5.79. The van der Waals surface area contributed by atoms with Crippen molar-refractivity contribution in [3.63, 3.8) is 0 Å². The van der Waals surface area contributed by atoms with Crippen LogP contribution in [-0.4, -0.2) is 35.6 Å². The predicted octanol–water partition coefficient (Wildman–Crippen LogP) is 2.85. The first-order valence-electron chi connectivity index (χ1n) is 8.40. The van der Waals surface area contributed by atoms with Crippen LogP contribution in [0.5, 0.6) is 0 Å². The lowest BCUT2D eigenvalue weighted by molar-refractivity contribution is 0.195. The number of nitrogens with two attached hydrogens (primary N) is 1. The van der Waals surface area contributed by atoms with E-state index in [-0.39, 0.29) is 11.8 Å². The number of terminal acetylenes is 1. The van der Waals surface area contributed by atoms with E-state index in [1.54, 1.807) is 0 Å². The van der Waals surface area contributed by atoms with Gasteiger partial charge in [-0.1, -0.05) is 24.1 Å². The number of nitrogens with zero attached hydrogens (tertiary/aromatic N) is 2. The van der Waals surface area contributed by atoms with Crippen LogP contribution in [0.3, 0.4) is 0 Å². The molecule has 0 aromatic heterocycles. The third kappa shape index (κ3) is 4.88. The van der Waals surface area contributed by atoms with E-state index in [1.165, 1.54) is 17.3 Å². The summed E-state index contributed by atoms with van der Waals surface area (Å²) in [4.78, 5) is 19.2. The minimum Gasteiger partial charge on any atom is -0.399 e. The monoisotopic (exact) mass is 354 g/mol. The number of carbonyl (C=O) groups is 1. The molecular formula is C19H22N4OS. The van der Waals surface area contributed by atoms with Crippen molar-refractivity contribution in [3.05, 3.63) is 40.8 Å². The number of thioether (sulfide) groups is 1. The van der Waals surface area contributed by atoms with Crippen LogP contribution in [0.25, 0.3) is 0 Å². The summed E-state index contributed by atoms with van der Waals surface area (Å²) in [5.41, 5.74) is 7.82. The number of anilines is 1. The molecule has 0 saturated carbocycles. The molecule has 2 aliphatic rings. The molecule has 0 atom stereocenters. The molecule has 130 valence electrons. The van der Waals surface area contributed by atoms with Gasteiger partial charge >= 0.3 is 0 Å². The summed E-state index contributed by atoms with van der Waals surface area (Å²) >= 11 is 1.21. The van der Waals surface area contributed by atoms with Crippen molar-refractivity contribution >= 4 is 28.5 Å². The van der Waals surface area contributed by atoms with E-state index in [0.717, 1.165) is 43.1 Å². The average molecular weight is 354 g/mol. The number of allylic oxidation sites excluding steroid dienone is 1. The van der Waals surface area contributed by atoms with Gasteiger partial charge in [0.15, 0.2) is 0 Å². The van der Waals surface area contributed by atoms with Gasteiger partial charge in [-0.3, -0.25) is 14.7 Å². The number of nitrogens with one attached hydrogen (secondary N) is 1. The number of rotatable bonds is 4. The number of aliphatic imine (C=N–C) groups is 1. The van der Waals surface area contributed by atoms with E-state index < -0.39 is 0 Å². The summed E-state index contributed by atoms with van der Waals surface area (Å²) in [6.45, 7) is 3.32. The molecule has 3 N–H and O–H groups in total. The molecule has 2 fully saturated rings. The van der Waals surface area contributed by atoms with Gasteiger partial charge in [-0.25, -0.2) is 0 Å². The van der Waals surface area contributed by atoms with Crippen molar-refractivity contribution in [3.8, 4) is 12.3 Å². The third-order valence-corrected chi connectivity index (χ3v) is 5.23. The second-order valence-electron chi connectivity index (χ2n) is 6.27. The number of carbonyl (C=O) groups excluding carboxylic acids is 1. The van der Waals surface area contributed by atoms with Gasteiger partial charge in [-0.05, 0) is 61.3 Å². The van der Waals surface area contributed by atoms with Gasteiger partial charge in [-0.2, -0.15) is 0 Å². The Morgan fingerprint density at radius 1 is 1.36 bits per heavy atom. The van der Waals surface area contributed by atoms with Crippen molar-refractivity contribution in [1.29, 1.82) is 0 Å². The SMILES string of the molecule is C#CCN=C1NC(=O)S/C1=C\C1CCN(Cc2ccc(N)cc2)CC1. The molecule has 1 amide bonds. The van der Waals surface area contributed by atoms with Crippen LogP contribution in [0.2, 0.25) is 0 Å². The number of hydrogen-bond donors (Lipinski definition) is 2. The molecule has 0 radical (unpaired) electrons. The highest BCUT2D eigenvalue weighted by Gasteiger charge is 2.26. The van der Waals surface area contributed by atoms with Crippen LogP contribution in [0.1, 0.15) is 18.4 Å². The van der Waals surface area contributed by atoms with E-state index in [1.807, 2.05) is 12.1 Å². The average Bonchev–Trinajstić information content (AvgIpc) is 2.96. The van der Waals surface area contributed by atoms with E-state index in [9.17, 15) is 4.79 Å². The Hall–Kier alpha value is -2.23. The number of amides is 1. The molecule has 2 saturated heterocycles. The van der Waals surface area contributed by atoms with Crippen LogP contribution in [0.4, 0.5) is 10.5 Å². The maximum Gasteiger partial charge on any atom is 0.289 e. The van der Waals surface area contributed by atoms with E-state index in [0.29, 0.717) is 11.8 Å². The summed E-state index contributed by atoms with van der Waals surface area (Å²) in [5, 5.41) is 2.68. The highest BCUT2D eigenvalue weighted by atomic mass is 32.2. The Bertz CT molecular complexity index is 725. The zero-order chi connectivity index (χ0) is 17.6. The van der Waals surface area contributed by atoms with Crippen LogP contribution < -0.4 is 11.1 Å². The minimum absolute atomic E-state index is 0.0807. The van der Waals surface area contributed by atoms with E-state index in [4.69, 9.17) is 12.2 Å². The second kappa shape index (κ2) is 8.24. The Labute approximate surface area is 152 Å². The first-order valence-corrected chi connectivity index (χ1v) is 9.21. The highest BCUT2D eigenvalue weighted by molar-refractivity contribution is 8.18. The maximum atomic E-state index is 11.6. The second-order valence-corrected chi connectivity index (χ2v) is 7.28. The number of benzene rings is 1. The summed E-state index contributed by atoms with van der Waals surface area (Å²) in [6.07, 6.45) is 9.59. The molecule has 2 aliphatic heterocycles. The van der Waals surface area contributed by atoms with Gasteiger partial charge in [0.2, 0.25) is 0 Å². The third-order valence-electron chi connectivity index (χ3n) is 4.39. The molecular weight excluding hydrogens is 332 g/mol. The molecule has 0 bridgehead atoms. The maximum absolute atomic E-state index is 11.6. The smallest absolute Gasteiger partial charge is 0.289 e. The van der Waals surface area contributed by atoms with Gasteiger partial charge in [0.05, 0.1) is 4.91 Å². The van der Waals surface area contributed by atoms with Crippen molar-refractivity contribution < 1.29 is 4.79 Å². The molecule has 0 unspecified atom stereocenters. The summed E-state index contributed by atoms with van der Waals surface area (Å²) < 4.78 is 0. The fourth-order valence-electron chi connectivity index (χ4n) is 3.06. The molecule has 25 heavy (non-hydrogen) atoms. The first-order chi connectivity index (χ1) is 12.1. The lowest BCUT2D eigenvalue weighted by Gasteiger charge is -2.30. The van der Waals surface area contributed by atoms with Crippen LogP contribution in [0.15, 0.2) is 40.2 Å². The normalized spacial score (nSPS) is 22.3. The largest absolute Gasteiger partial charge is 0.399 e. The van der Waals surface area contributed by atoms with Crippen molar-refractivity contribution in [1.82, 2.24) is 10.2 Å². The fourth-order valence-corrected chi connectivity index (χ4v) is 3.88. The molecule has 0 aliphatic carbocycles. The molecule has 1 aromatic carbocycles. The number of nitrogen functional groups attached to an aromatic ring is 1. The predicted molar refractivity (Wildman–Crippen MR) is 104 cm³/mol. The van der Waals surface area contributed by atoms with Crippen LogP contribution in [0, 0.1) is 18.3 Å². The number of piperidine rings is 1. The quantitative estimate of drug-likeness (QED) is 0.644. The van der Waals surface area contributed by atoms with Gasteiger partial charge in [0, 0.05) is 12.2 Å². The highest BCUT2D eigenvalue weighted by Crippen LogP contribution is 2.29. The zero-order valence-corrected chi connectivity index (χ0v) is 14.9. The Morgan fingerprint density at radius 2 is 2.08 bits per heavy atom. The number of likely N-dealkylation sites (tertiary alicyclic amines) is 1. The van der Waals surface area contributed by atoms with Gasteiger partial charge in [0.1, 0.15) is 12.4 Å². The Morgan fingerprint density at radius 3 is 2.76 bits per heavy atom. The van der Waals surface area contributed by atoms with Crippen LogP contribution in [-0.2, 0) is 6.54 Å². The number of amidine groups is 1. The summed E-state index contributed by atoms with van der Waals surface area (Å²) in [7, 11) is 0. The lowest BCUT2D eigenvalue weighted by Crippen LogP contribution is -2.32. The number of hydrogen-bond acceptors (Lipinski definition) is 5. The summed E-state index contributed by atoms with van der Waals surface area (Å²) in [6, 6.07) is 8.07. The van der Waals surface area contributed by atoms with Gasteiger partial charge in [0.25, 0.3) is 5.24 Å².